The molecule has 0 bridgehead atoms. The van der Waals surface area contributed by atoms with Crippen molar-refractivity contribution in [3.8, 4) is 5.75 Å². The molecule has 0 saturated heterocycles. The van der Waals surface area contributed by atoms with Gasteiger partial charge in [0.05, 0.1) is 36.5 Å². The lowest BCUT2D eigenvalue weighted by Crippen LogP contribution is -2.38. The van der Waals surface area contributed by atoms with Crippen molar-refractivity contribution in [3.05, 3.63) is 65.7 Å². The fraction of sp³-hybridized carbons (Fsp3) is 0.364. The third kappa shape index (κ3) is 5.25. The van der Waals surface area contributed by atoms with Crippen LogP contribution in [0.3, 0.4) is 0 Å². The second-order valence-corrected chi connectivity index (χ2v) is 11.6. The standard InChI is InChI=1S/C22H28N2O6S2/c1-6-29-21-13-7-18(8-14-21)22-16(2)15-17(3)23(30-22)19-9-11-20(12-10-19)24(31(4,25)26)32(5,27)28/h7-15,17,22H,6H2,1-5H3. The van der Waals surface area contributed by atoms with Gasteiger partial charge in [0.15, 0.2) is 0 Å². The highest BCUT2D eigenvalue weighted by Crippen LogP contribution is 2.36. The number of rotatable bonds is 7. The predicted molar refractivity (Wildman–Crippen MR) is 126 cm³/mol. The smallest absolute Gasteiger partial charge is 0.245 e. The Balaban J connectivity index is 1.89. The quantitative estimate of drug-likeness (QED) is 0.559. The number of sulfonamides is 2. The number of ether oxygens (including phenoxy) is 1. The van der Waals surface area contributed by atoms with Crippen LogP contribution in [0.25, 0.3) is 0 Å². The van der Waals surface area contributed by atoms with Crippen molar-refractivity contribution >= 4 is 31.4 Å². The van der Waals surface area contributed by atoms with E-state index in [1.165, 1.54) is 12.1 Å². The van der Waals surface area contributed by atoms with Gasteiger partial charge in [0.1, 0.15) is 11.9 Å². The molecule has 1 aliphatic heterocycles. The number of hydrogen-bond acceptors (Lipinski definition) is 7. The molecular weight excluding hydrogens is 452 g/mol. The Morgan fingerprint density at radius 1 is 0.969 bits per heavy atom. The molecule has 0 amide bonds. The van der Waals surface area contributed by atoms with Gasteiger partial charge in [0.25, 0.3) is 0 Å². The van der Waals surface area contributed by atoms with Gasteiger partial charge in [-0.15, -0.1) is 0 Å². The first-order chi connectivity index (χ1) is 14.9. The summed E-state index contributed by atoms with van der Waals surface area (Å²) in [5.74, 6) is 0.788. The molecule has 8 nitrogen and oxygen atoms in total. The molecule has 0 radical (unpaired) electrons. The molecule has 2 aromatic carbocycles. The van der Waals surface area contributed by atoms with Gasteiger partial charge >= 0.3 is 0 Å². The van der Waals surface area contributed by atoms with Crippen molar-refractivity contribution in [1.29, 1.82) is 0 Å². The molecular formula is C22H28N2O6S2. The average Bonchev–Trinajstić information content (AvgIpc) is 2.68. The van der Waals surface area contributed by atoms with Gasteiger partial charge in [-0.3, -0.25) is 4.84 Å². The van der Waals surface area contributed by atoms with Crippen LogP contribution in [0.1, 0.15) is 32.4 Å². The molecule has 0 N–H and O–H groups in total. The van der Waals surface area contributed by atoms with Gasteiger partial charge < -0.3 is 4.74 Å². The van der Waals surface area contributed by atoms with Crippen molar-refractivity contribution < 1.29 is 26.4 Å². The maximum Gasteiger partial charge on any atom is 0.245 e. The molecule has 0 spiro atoms. The molecule has 0 aliphatic carbocycles. The lowest BCUT2D eigenvalue weighted by atomic mass is 9.99. The van der Waals surface area contributed by atoms with E-state index >= 15 is 0 Å². The topological polar surface area (TPSA) is 93.2 Å². The Labute approximate surface area is 190 Å². The highest BCUT2D eigenvalue weighted by Gasteiger charge is 2.30. The lowest BCUT2D eigenvalue weighted by molar-refractivity contribution is 0.0350. The Kier molecular flexibility index (Phi) is 6.87. The molecule has 2 atom stereocenters. The first-order valence-electron chi connectivity index (χ1n) is 10.1. The molecule has 0 aromatic heterocycles. The van der Waals surface area contributed by atoms with Crippen LogP contribution in [0, 0.1) is 0 Å². The van der Waals surface area contributed by atoms with Gasteiger partial charge in [0, 0.05) is 0 Å². The summed E-state index contributed by atoms with van der Waals surface area (Å²) >= 11 is 0. The van der Waals surface area contributed by atoms with E-state index in [9.17, 15) is 16.8 Å². The van der Waals surface area contributed by atoms with E-state index in [1.807, 2.05) is 45.0 Å². The van der Waals surface area contributed by atoms with Crippen molar-refractivity contribution in [2.45, 2.75) is 32.9 Å². The van der Waals surface area contributed by atoms with Crippen molar-refractivity contribution in [2.24, 2.45) is 0 Å². The summed E-state index contributed by atoms with van der Waals surface area (Å²) in [6.45, 7) is 6.51. The van der Waals surface area contributed by atoms with Crippen LogP contribution >= 0.6 is 0 Å². The maximum atomic E-state index is 12.0. The molecule has 32 heavy (non-hydrogen) atoms. The normalized spacial score (nSPS) is 19.4. The number of nitrogens with zero attached hydrogens (tertiary/aromatic N) is 2. The SMILES string of the molecule is CCOc1ccc(C2ON(c3ccc(N(S(C)(=O)=O)S(C)(=O)=O)cc3)C(C)C=C2C)cc1. The largest absolute Gasteiger partial charge is 0.494 e. The first-order valence-corrected chi connectivity index (χ1v) is 13.8. The summed E-state index contributed by atoms with van der Waals surface area (Å²) in [6, 6.07) is 13.8. The van der Waals surface area contributed by atoms with Crippen LogP contribution in [-0.4, -0.2) is 42.0 Å². The van der Waals surface area contributed by atoms with E-state index in [4.69, 9.17) is 9.57 Å². The Hall–Kier alpha value is -2.56. The van der Waals surface area contributed by atoms with E-state index < -0.39 is 20.0 Å². The summed E-state index contributed by atoms with van der Waals surface area (Å²) < 4.78 is 54.0. The van der Waals surface area contributed by atoms with E-state index in [0.717, 1.165) is 29.4 Å². The van der Waals surface area contributed by atoms with Crippen molar-refractivity contribution in [2.75, 3.05) is 27.9 Å². The van der Waals surface area contributed by atoms with Crippen LogP contribution in [0.15, 0.2) is 60.2 Å². The van der Waals surface area contributed by atoms with Crippen LogP contribution in [0.2, 0.25) is 0 Å². The fourth-order valence-electron chi connectivity index (χ4n) is 3.70. The van der Waals surface area contributed by atoms with Crippen molar-refractivity contribution in [3.63, 3.8) is 0 Å². The van der Waals surface area contributed by atoms with Gasteiger partial charge in [-0.2, -0.15) is 3.71 Å². The van der Waals surface area contributed by atoms with Crippen LogP contribution < -0.4 is 13.5 Å². The summed E-state index contributed by atoms with van der Waals surface area (Å²) in [6.07, 6.45) is 3.50. The highest BCUT2D eigenvalue weighted by molar-refractivity contribution is 8.09. The van der Waals surface area contributed by atoms with Crippen LogP contribution in [0.4, 0.5) is 11.4 Å². The second-order valence-electron chi connectivity index (χ2n) is 7.70. The molecule has 1 aliphatic rings. The number of anilines is 2. The molecule has 1 heterocycles. The van der Waals surface area contributed by atoms with Crippen molar-refractivity contribution in [1.82, 2.24) is 0 Å². The summed E-state index contributed by atoms with van der Waals surface area (Å²) in [7, 11) is -8.01. The zero-order valence-corrected chi connectivity index (χ0v) is 20.4. The number of benzene rings is 2. The Morgan fingerprint density at radius 2 is 1.53 bits per heavy atom. The molecule has 2 unspecified atom stereocenters. The maximum absolute atomic E-state index is 12.0. The minimum absolute atomic E-state index is 0.0400. The van der Waals surface area contributed by atoms with Gasteiger partial charge in [0.2, 0.25) is 20.0 Å². The molecule has 0 fully saturated rings. The highest BCUT2D eigenvalue weighted by atomic mass is 32.3. The summed E-state index contributed by atoms with van der Waals surface area (Å²) in [4.78, 5) is 6.29. The van der Waals surface area contributed by atoms with E-state index in [-0.39, 0.29) is 17.8 Å². The molecule has 10 heteroatoms. The zero-order chi connectivity index (χ0) is 23.7. The van der Waals surface area contributed by atoms with E-state index in [0.29, 0.717) is 16.0 Å². The minimum Gasteiger partial charge on any atom is -0.494 e. The fourth-order valence-corrected chi connectivity index (χ4v) is 6.68. The van der Waals surface area contributed by atoms with E-state index in [1.54, 1.807) is 17.2 Å². The predicted octanol–water partition coefficient (Wildman–Crippen LogP) is 3.64. The monoisotopic (exact) mass is 480 g/mol. The Morgan fingerprint density at radius 3 is 2.03 bits per heavy atom. The molecule has 174 valence electrons. The van der Waals surface area contributed by atoms with Gasteiger partial charge in [-0.1, -0.05) is 18.2 Å². The summed E-state index contributed by atoms with van der Waals surface area (Å²) in [5.41, 5.74) is 2.74. The third-order valence-corrected chi connectivity index (χ3v) is 8.17. The lowest BCUT2D eigenvalue weighted by Gasteiger charge is -2.37. The van der Waals surface area contributed by atoms with Gasteiger partial charge in [-0.05, 0) is 68.3 Å². The Bertz CT molecular complexity index is 1160. The number of hydroxylamine groups is 1. The first kappa shape index (κ1) is 24.1. The van der Waals surface area contributed by atoms with Crippen LogP contribution in [-0.2, 0) is 24.9 Å². The third-order valence-electron chi connectivity index (χ3n) is 4.92. The molecule has 3 rings (SSSR count). The minimum atomic E-state index is -4.00. The van der Waals surface area contributed by atoms with E-state index in [2.05, 4.69) is 6.08 Å². The molecule has 0 saturated carbocycles. The summed E-state index contributed by atoms with van der Waals surface area (Å²) in [5, 5.41) is 1.73. The second kappa shape index (κ2) is 9.13. The number of hydrogen-bond donors (Lipinski definition) is 0. The zero-order valence-electron chi connectivity index (χ0n) is 18.7. The van der Waals surface area contributed by atoms with Crippen LogP contribution in [0.5, 0.6) is 5.75 Å². The average molecular weight is 481 g/mol. The molecule has 2 aromatic rings. The van der Waals surface area contributed by atoms with Gasteiger partial charge in [-0.25, -0.2) is 21.9 Å².